The molecule has 0 amide bonds. The van der Waals surface area contributed by atoms with Gasteiger partial charge < -0.3 is 5.32 Å². The first-order valence-corrected chi connectivity index (χ1v) is 3.31. The molecule has 1 heteroatoms. The van der Waals surface area contributed by atoms with Crippen molar-refractivity contribution < 1.29 is 0 Å². The highest BCUT2D eigenvalue weighted by Crippen LogP contribution is 2.33. The molecule has 0 saturated carbocycles. The van der Waals surface area contributed by atoms with Crippen molar-refractivity contribution in [3.05, 3.63) is 0 Å². The number of hydrogen-bond donors (Lipinski definition) is 1. The SMILES string of the molecule is CC1NC(C)C1(C)C. The first kappa shape index (κ1) is 6.09. The van der Waals surface area contributed by atoms with Crippen molar-refractivity contribution >= 4 is 0 Å². The van der Waals surface area contributed by atoms with E-state index in [4.69, 9.17) is 0 Å². The van der Waals surface area contributed by atoms with E-state index in [9.17, 15) is 0 Å². The van der Waals surface area contributed by atoms with Gasteiger partial charge in [-0.3, -0.25) is 0 Å². The fourth-order valence-electron chi connectivity index (χ4n) is 1.08. The molecule has 0 aromatic heterocycles. The van der Waals surface area contributed by atoms with Crippen LogP contribution in [0.3, 0.4) is 0 Å². The van der Waals surface area contributed by atoms with Crippen LogP contribution in [0.4, 0.5) is 0 Å². The molecule has 8 heavy (non-hydrogen) atoms. The Morgan fingerprint density at radius 3 is 1.50 bits per heavy atom. The van der Waals surface area contributed by atoms with Crippen molar-refractivity contribution in [2.75, 3.05) is 0 Å². The molecule has 0 aromatic rings. The number of rotatable bonds is 0. The fraction of sp³-hybridized carbons (Fsp3) is 1.00. The van der Waals surface area contributed by atoms with Gasteiger partial charge in [-0.15, -0.1) is 0 Å². The second-order valence-corrected chi connectivity index (χ2v) is 3.43. The Labute approximate surface area is 51.5 Å². The molecule has 1 rings (SSSR count). The highest BCUT2D eigenvalue weighted by molar-refractivity contribution is 4.99. The van der Waals surface area contributed by atoms with Gasteiger partial charge in [0.15, 0.2) is 0 Å². The van der Waals surface area contributed by atoms with Crippen LogP contribution < -0.4 is 5.32 Å². The van der Waals surface area contributed by atoms with Gasteiger partial charge in [0, 0.05) is 12.1 Å². The molecule has 0 radical (unpaired) electrons. The molecule has 0 bridgehead atoms. The van der Waals surface area contributed by atoms with Crippen LogP contribution in [0.2, 0.25) is 0 Å². The van der Waals surface area contributed by atoms with Gasteiger partial charge in [-0.25, -0.2) is 0 Å². The minimum absolute atomic E-state index is 0.528. The molecule has 1 N–H and O–H groups in total. The molecule has 1 heterocycles. The quantitative estimate of drug-likeness (QED) is 0.500. The van der Waals surface area contributed by atoms with E-state index < -0.39 is 0 Å². The second kappa shape index (κ2) is 1.47. The summed E-state index contributed by atoms with van der Waals surface area (Å²) >= 11 is 0. The van der Waals surface area contributed by atoms with E-state index in [0.29, 0.717) is 17.5 Å². The van der Waals surface area contributed by atoms with E-state index in [2.05, 4.69) is 33.0 Å². The van der Waals surface area contributed by atoms with Crippen molar-refractivity contribution in [1.29, 1.82) is 0 Å². The van der Waals surface area contributed by atoms with Crippen LogP contribution in [0.1, 0.15) is 27.7 Å². The zero-order chi connectivity index (χ0) is 6.36. The topological polar surface area (TPSA) is 12.0 Å². The molecular formula is C7H15N. The van der Waals surface area contributed by atoms with Gasteiger partial charge in [-0.05, 0) is 19.3 Å². The summed E-state index contributed by atoms with van der Waals surface area (Å²) in [6.07, 6.45) is 0. The average molecular weight is 113 g/mol. The summed E-state index contributed by atoms with van der Waals surface area (Å²) in [5.41, 5.74) is 0.528. The predicted octanol–water partition coefficient (Wildman–Crippen LogP) is 1.39. The van der Waals surface area contributed by atoms with Gasteiger partial charge in [-0.1, -0.05) is 13.8 Å². The summed E-state index contributed by atoms with van der Waals surface area (Å²) in [6, 6.07) is 1.41. The average Bonchev–Trinajstić information content (AvgIpc) is 1.68. The summed E-state index contributed by atoms with van der Waals surface area (Å²) in [7, 11) is 0. The highest BCUT2D eigenvalue weighted by atomic mass is 15.1. The van der Waals surface area contributed by atoms with Gasteiger partial charge in [0.2, 0.25) is 0 Å². The van der Waals surface area contributed by atoms with Crippen LogP contribution >= 0.6 is 0 Å². The molecule has 2 unspecified atom stereocenters. The lowest BCUT2D eigenvalue weighted by Gasteiger charge is -2.50. The molecule has 1 aliphatic rings. The van der Waals surface area contributed by atoms with Crippen molar-refractivity contribution in [2.24, 2.45) is 5.41 Å². The molecular weight excluding hydrogens is 98.1 g/mol. The summed E-state index contributed by atoms with van der Waals surface area (Å²) in [5.74, 6) is 0. The van der Waals surface area contributed by atoms with E-state index in [-0.39, 0.29) is 0 Å². The second-order valence-electron chi connectivity index (χ2n) is 3.43. The molecule has 1 aliphatic heterocycles. The van der Waals surface area contributed by atoms with Crippen LogP contribution in [0.5, 0.6) is 0 Å². The third-order valence-electron chi connectivity index (χ3n) is 2.73. The minimum Gasteiger partial charge on any atom is -0.311 e. The van der Waals surface area contributed by atoms with Gasteiger partial charge in [0.1, 0.15) is 0 Å². The standard InChI is InChI=1S/C7H15N/c1-5-7(3,4)6(2)8-5/h5-6,8H,1-4H3. The lowest BCUT2D eigenvalue weighted by Crippen LogP contribution is -2.64. The fourth-order valence-corrected chi connectivity index (χ4v) is 1.08. The van der Waals surface area contributed by atoms with Crippen LogP contribution in [0.25, 0.3) is 0 Å². The van der Waals surface area contributed by atoms with Gasteiger partial charge in [-0.2, -0.15) is 0 Å². The van der Waals surface area contributed by atoms with Crippen molar-refractivity contribution in [1.82, 2.24) is 5.32 Å². The minimum atomic E-state index is 0.528. The van der Waals surface area contributed by atoms with E-state index in [1.165, 1.54) is 0 Å². The van der Waals surface area contributed by atoms with Crippen LogP contribution in [0, 0.1) is 5.41 Å². The lowest BCUT2D eigenvalue weighted by atomic mass is 9.71. The largest absolute Gasteiger partial charge is 0.311 e. The smallest absolute Gasteiger partial charge is 0.0107 e. The highest BCUT2D eigenvalue weighted by Gasteiger charge is 2.41. The van der Waals surface area contributed by atoms with Crippen LogP contribution in [0.15, 0.2) is 0 Å². The number of nitrogens with one attached hydrogen (secondary N) is 1. The molecule has 1 fully saturated rings. The third-order valence-corrected chi connectivity index (χ3v) is 2.73. The Balaban J connectivity index is 2.52. The molecule has 1 nitrogen and oxygen atoms in total. The zero-order valence-electron chi connectivity index (χ0n) is 6.15. The Morgan fingerprint density at radius 2 is 1.50 bits per heavy atom. The summed E-state index contributed by atoms with van der Waals surface area (Å²) in [5, 5.41) is 3.40. The first-order valence-electron chi connectivity index (χ1n) is 3.31. The molecule has 48 valence electrons. The maximum Gasteiger partial charge on any atom is 0.0107 e. The maximum absolute atomic E-state index is 3.40. The molecule has 0 aromatic carbocycles. The Bertz CT molecular complexity index is 86.6. The normalized spacial score (nSPS) is 43.5. The maximum atomic E-state index is 3.40. The predicted molar refractivity (Wildman–Crippen MR) is 35.8 cm³/mol. The Morgan fingerprint density at radius 1 is 1.12 bits per heavy atom. The van der Waals surface area contributed by atoms with Crippen molar-refractivity contribution in [3.63, 3.8) is 0 Å². The van der Waals surface area contributed by atoms with Gasteiger partial charge >= 0.3 is 0 Å². The molecule has 0 aliphatic carbocycles. The van der Waals surface area contributed by atoms with E-state index in [1.807, 2.05) is 0 Å². The van der Waals surface area contributed by atoms with Crippen molar-refractivity contribution in [3.8, 4) is 0 Å². The van der Waals surface area contributed by atoms with E-state index in [1.54, 1.807) is 0 Å². The molecule has 0 spiro atoms. The third kappa shape index (κ3) is 0.576. The van der Waals surface area contributed by atoms with Gasteiger partial charge in [0.25, 0.3) is 0 Å². The van der Waals surface area contributed by atoms with E-state index in [0.717, 1.165) is 0 Å². The zero-order valence-corrected chi connectivity index (χ0v) is 6.15. The summed E-state index contributed by atoms with van der Waals surface area (Å²) in [6.45, 7) is 9.08. The first-order chi connectivity index (χ1) is 3.55. The Hall–Kier alpha value is -0.0400. The summed E-state index contributed by atoms with van der Waals surface area (Å²) < 4.78 is 0. The van der Waals surface area contributed by atoms with Crippen molar-refractivity contribution in [2.45, 2.75) is 39.8 Å². The van der Waals surface area contributed by atoms with Crippen LogP contribution in [-0.4, -0.2) is 12.1 Å². The van der Waals surface area contributed by atoms with Crippen LogP contribution in [-0.2, 0) is 0 Å². The monoisotopic (exact) mass is 113 g/mol. The molecule has 1 saturated heterocycles. The van der Waals surface area contributed by atoms with Gasteiger partial charge in [0.05, 0.1) is 0 Å². The number of hydrogen-bond acceptors (Lipinski definition) is 1. The lowest BCUT2D eigenvalue weighted by molar-refractivity contribution is 0.0718. The summed E-state index contributed by atoms with van der Waals surface area (Å²) in [4.78, 5) is 0. The van der Waals surface area contributed by atoms with E-state index >= 15 is 0 Å². The Kier molecular flexibility index (Phi) is 1.12. The molecule has 2 atom stereocenters.